The molecule has 0 saturated heterocycles. The van der Waals surface area contributed by atoms with E-state index in [1.165, 1.54) is 24.3 Å². The monoisotopic (exact) mass is 368 g/mol. The van der Waals surface area contributed by atoms with Crippen LogP contribution in [-0.4, -0.2) is 18.7 Å². The van der Waals surface area contributed by atoms with Gasteiger partial charge in [-0.2, -0.15) is 12.8 Å². The molecule has 2 N–H and O–H groups in total. The number of nitrogens with zero attached hydrogens (tertiary/aromatic N) is 1. The minimum Gasteiger partial charge on any atom is -0.266 e. The highest BCUT2D eigenvalue weighted by atomic mass is 79.9. The van der Waals surface area contributed by atoms with E-state index in [0.717, 1.165) is 10.0 Å². The van der Waals surface area contributed by atoms with E-state index in [-0.39, 0.29) is 14.9 Å². The molecule has 7 heteroatoms. The zero-order chi connectivity index (χ0) is 15.6. The predicted octanol–water partition coefficient (Wildman–Crippen LogP) is 2.46. The number of aryl methyl sites for hydroxylation is 1. The molecule has 0 atom stereocenters. The number of hydrogen-bond donors (Lipinski definition) is 1. The Hall–Kier alpha value is -1.70. The molecule has 0 saturated carbocycles. The molecule has 1 amide bonds. The lowest BCUT2D eigenvalue weighted by Crippen LogP contribution is -2.42. The van der Waals surface area contributed by atoms with Crippen molar-refractivity contribution in [2.75, 3.05) is 0 Å². The van der Waals surface area contributed by atoms with E-state index >= 15 is 0 Å². The summed E-state index contributed by atoms with van der Waals surface area (Å²) < 4.78 is 25.6. The molecule has 2 aromatic carbocycles. The molecule has 0 radical (unpaired) electrons. The zero-order valence-corrected chi connectivity index (χ0v) is 13.6. The minimum absolute atomic E-state index is 0.0268. The second kappa shape index (κ2) is 5.97. The Morgan fingerprint density at radius 1 is 1.05 bits per heavy atom. The van der Waals surface area contributed by atoms with Crippen LogP contribution >= 0.6 is 15.9 Å². The summed E-state index contributed by atoms with van der Waals surface area (Å²) in [6.45, 7) is 1.84. The Bertz CT molecular complexity index is 756. The summed E-state index contributed by atoms with van der Waals surface area (Å²) in [5.74, 6) is 4.73. The van der Waals surface area contributed by atoms with Gasteiger partial charge < -0.3 is 0 Å². The average Bonchev–Trinajstić information content (AvgIpc) is 2.47. The van der Waals surface area contributed by atoms with Gasteiger partial charge in [0.15, 0.2) is 0 Å². The lowest BCUT2D eigenvalue weighted by molar-refractivity contribution is 0.0861. The highest BCUT2D eigenvalue weighted by molar-refractivity contribution is 9.10. The van der Waals surface area contributed by atoms with E-state index in [4.69, 9.17) is 5.84 Å². The Morgan fingerprint density at radius 3 is 2.10 bits per heavy atom. The van der Waals surface area contributed by atoms with Gasteiger partial charge in [0.25, 0.3) is 15.9 Å². The molecule has 0 unspecified atom stereocenters. The Kier molecular flexibility index (Phi) is 4.46. The third-order valence-corrected chi connectivity index (χ3v) is 4.95. The van der Waals surface area contributed by atoms with Gasteiger partial charge in [0.2, 0.25) is 0 Å². The predicted molar refractivity (Wildman–Crippen MR) is 82.9 cm³/mol. The average molecular weight is 369 g/mol. The quantitative estimate of drug-likeness (QED) is 0.512. The highest BCUT2D eigenvalue weighted by Gasteiger charge is 2.27. The number of carbonyl (C=O) groups excluding carboxylic acids is 1. The molecular formula is C14H13BrN2O3S. The van der Waals surface area contributed by atoms with Crippen LogP contribution in [0.2, 0.25) is 0 Å². The molecule has 0 aliphatic rings. The summed E-state index contributed by atoms with van der Waals surface area (Å²) in [5, 5.41) is 0. The maximum absolute atomic E-state index is 12.3. The normalized spacial score (nSPS) is 11.2. The van der Waals surface area contributed by atoms with Crippen LogP contribution in [0.5, 0.6) is 0 Å². The van der Waals surface area contributed by atoms with Crippen molar-refractivity contribution >= 4 is 31.9 Å². The number of amides is 1. The van der Waals surface area contributed by atoms with Crippen LogP contribution in [-0.2, 0) is 10.0 Å². The van der Waals surface area contributed by atoms with Crippen LogP contribution in [0.15, 0.2) is 57.9 Å². The van der Waals surface area contributed by atoms with Gasteiger partial charge in [0.05, 0.1) is 4.90 Å². The number of benzene rings is 2. The van der Waals surface area contributed by atoms with Gasteiger partial charge in [-0.1, -0.05) is 33.6 Å². The Balaban J connectivity index is 2.33. The molecule has 21 heavy (non-hydrogen) atoms. The summed E-state index contributed by atoms with van der Waals surface area (Å²) in [4.78, 5) is 12.1. The van der Waals surface area contributed by atoms with Crippen molar-refractivity contribution < 1.29 is 13.2 Å². The maximum Gasteiger partial charge on any atom is 0.282 e. The topological polar surface area (TPSA) is 80.5 Å². The second-order valence-electron chi connectivity index (χ2n) is 4.43. The fourth-order valence-corrected chi connectivity index (χ4v) is 2.95. The fourth-order valence-electron chi connectivity index (χ4n) is 1.65. The first kappa shape index (κ1) is 15.7. The van der Waals surface area contributed by atoms with Gasteiger partial charge in [-0.3, -0.25) is 4.79 Å². The lowest BCUT2D eigenvalue weighted by atomic mass is 10.2. The summed E-state index contributed by atoms with van der Waals surface area (Å²) in [5.41, 5.74) is 1.10. The van der Waals surface area contributed by atoms with Crippen LogP contribution < -0.4 is 5.84 Å². The van der Waals surface area contributed by atoms with Gasteiger partial charge in [0, 0.05) is 10.0 Å². The van der Waals surface area contributed by atoms with Gasteiger partial charge in [-0.15, -0.1) is 0 Å². The molecule has 0 aliphatic heterocycles. The van der Waals surface area contributed by atoms with E-state index in [2.05, 4.69) is 15.9 Å². The molecule has 2 rings (SSSR count). The molecule has 5 nitrogen and oxygen atoms in total. The number of rotatable bonds is 3. The van der Waals surface area contributed by atoms with Gasteiger partial charge >= 0.3 is 0 Å². The summed E-state index contributed by atoms with van der Waals surface area (Å²) >= 11 is 3.24. The number of halogens is 1. The van der Waals surface area contributed by atoms with E-state index in [1.54, 1.807) is 24.3 Å². The number of carbonyl (C=O) groups is 1. The zero-order valence-electron chi connectivity index (χ0n) is 11.2. The number of hydrogen-bond acceptors (Lipinski definition) is 4. The molecule has 0 aromatic heterocycles. The molecule has 110 valence electrons. The summed E-state index contributed by atoms with van der Waals surface area (Å²) in [6, 6.07) is 12.4. The molecule has 0 aliphatic carbocycles. The van der Waals surface area contributed by atoms with Crippen LogP contribution in [0.25, 0.3) is 0 Å². The SMILES string of the molecule is Cc1ccc(S(=O)(=O)N(N)C(=O)c2ccc(Br)cc2)cc1. The Morgan fingerprint density at radius 2 is 1.57 bits per heavy atom. The molecule has 2 aromatic rings. The van der Waals surface area contributed by atoms with E-state index in [9.17, 15) is 13.2 Å². The molecule has 0 heterocycles. The highest BCUT2D eigenvalue weighted by Crippen LogP contribution is 2.17. The van der Waals surface area contributed by atoms with Crippen molar-refractivity contribution in [2.45, 2.75) is 11.8 Å². The van der Waals surface area contributed by atoms with E-state index in [0.29, 0.717) is 0 Å². The fraction of sp³-hybridized carbons (Fsp3) is 0.0714. The first-order valence-electron chi connectivity index (χ1n) is 5.99. The van der Waals surface area contributed by atoms with Crippen LogP contribution in [0.1, 0.15) is 15.9 Å². The van der Waals surface area contributed by atoms with Crippen LogP contribution in [0.3, 0.4) is 0 Å². The van der Waals surface area contributed by atoms with Crippen molar-refractivity contribution in [3.05, 3.63) is 64.1 Å². The third-order valence-electron chi connectivity index (χ3n) is 2.87. The van der Waals surface area contributed by atoms with E-state index in [1.807, 2.05) is 6.92 Å². The van der Waals surface area contributed by atoms with Gasteiger partial charge in [-0.05, 0) is 43.3 Å². The number of sulfonamides is 1. The lowest BCUT2D eigenvalue weighted by Gasteiger charge is -2.17. The van der Waals surface area contributed by atoms with Crippen LogP contribution in [0.4, 0.5) is 0 Å². The molecule has 0 fully saturated rings. The number of hydrazine groups is 1. The maximum atomic E-state index is 12.3. The van der Waals surface area contributed by atoms with Crippen molar-refractivity contribution in [3.63, 3.8) is 0 Å². The molecular weight excluding hydrogens is 356 g/mol. The number of nitrogens with two attached hydrogens (primary N) is 1. The summed E-state index contributed by atoms with van der Waals surface area (Å²) in [7, 11) is -4.06. The van der Waals surface area contributed by atoms with Gasteiger partial charge in [0.1, 0.15) is 0 Å². The van der Waals surface area contributed by atoms with Crippen molar-refractivity contribution in [2.24, 2.45) is 5.84 Å². The Labute approximate surface area is 131 Å². The van der Waals surface area contributed by atoms with Crippen LogP contribution in [0, 0.1) is 6.92 Å². The molecule has 0 spiro atoms. The summed E-state index contributed by atoms with van der Waals surface area (Å²) in [6.07, 6.45) is 0. The largest absolute Gasteiger partial charge is 0.282 e. The first-order chi connectivity index (χ1) is 9.82. The van der Waals surface area contributed by atoms with Crippen molar-refractivity contribution in [1.29, 1.82) is 0 Å². The van der Waals surface area contributed by atoms with Crippen molar-refractivity contribution in [1.82, 2.24) is 4.41 Å². The smallest absolute Gasteiger partial charge is 0.266 e. The standard InChI is InChI=1S/C14H13BrN2O3S/c1-10-2-8-13(9-3-10)21(19,20)17(16)14(18)11-4-6-12(15)7-5-11/h2-9H,16H2,1H3. The minimum atomic E-state index is -4.06. The van der Waals surface area contributed by atoms with Crippen molar-refractivity contribution in [3.8, 4) is 0 Å². The third kappa shape index (κ3) is 3.31. The van der Waals surface area contributed by atoms with Gasteiger partial charge in [-0.25, -0.2) is 5.84 Å². The second-order valence-corrected chi connectivity index (χ2v) is 7.16. The molecule has 0 bridgehead atoms. The first-order valence-corrected chi connectivity index (χ1v) is 8.22. The van der Waals surface area contributed by atoms with E-state index < -0.39 is 15.9 Å².